The molecule has 2 rings (SSSR count). The Kier molecular flexibility index (Phi) is 4.87. The zero-order valence-electron chi connectivity index (χ0n) is 12.3. The van der Waals surface area contributed by atoms with E-state index in [-0.39, 0.29) is 0 Å². The minimum absolute atomic E-state index is 0.800. The molecule has 5 heteroatoms. The monoisotopic (exact) mass is 271 g/mol. The standard InChI is InChI=1S/C15H21N5/c1-4-5-13-18-14(16-2)10-15(19-13)20(3)11-12-6-8-17-9-7-12/h6-10H,4-5,11H2,1-3H3,(H,16,18,19). The van der Waals surface area contributed by atoms with Crippen molar-refractivity contribution in [1.29, 1.82) is 0 Å². The molecule has 1 N–H and O–H groups in total. The molecule has 0 bridgehead atoms. The van der Waals surface area contributed by atoms with Crippen molar-refractivity contribution in [2.45, 2.75) is 26.3 Å². The highest BCUT2D eigenvalue weighted by Crippen LogP contribution is 2.17. The van der Waals surface area contributed by atoms with Crippen molar-refractivity contribution in [3.63, 3.8) is 0 Å². The molecule has 0 unspecified atom stereocenters. The molecular formula is C15H21N5. The Labute approximate surface area is 120 Å². The van der Waals surface area contributed by atoms with E-state index in [4.69, 9.17) is 0 Å². The summed E-state index contributed by atoms with van der Waals surface area (Å²) in [6, 6.07) is 6.01. The summed E-state index contributed by atoms with van der Waals surface area (Å²) in [5.74, 6) is 2.68. The number of aryl methyl sites for hydroxylation is 1. The van der Waals surface area contributed by atoms with Crippen LogP contribution in [0.25, 0.3) is 0 Å². The Morgan fingerprint density at radius 1 is 1.20 bits per heavy atom. The van der Waals surface area contributed by atoms with Crippen LogP contribution in [0.3, 0.4) is 0 Å². The molecule has 0 atom stereocenters. The van der Waals surface area contributed by atoms with E-state index in [1.54, 1.807) is 0 Å². The fourth-order valence-corrected chi connectivity index (χ4v) is 1.99. The van der Waals surface area contributed by atoms with Gasteiger partial charge >= 0.3 is 0 Å². The van der Waals surface area contributed by atoms with Crippen molar-refractivity contribution >= 4 is 11.6 Å². The molecule has 0 spiro atoms. The van der Waals surface area contributed by atoms with Gasteiger partial charge in [-0.05, 0) is 24.1 Å². The normalized spacial score (nSPS) is 10.3. The Morgan fingerprint density at radius 2 is 1.95 bits per heavy atom. The van der Waals surface area contributed by atoms with E-state index in [1.807, 2.05) is 44.7 Å². The number of aromatic nitrogens is 3. The molecule has 2 aromatic heterocycles. The summed E-state index contributed by atoms with van der Waals surface area (Å²) in [4.78, 5) is 15.3. The van der Waals surface area contributed by atoms with Crippen LogP contribution in [-0.4, -0.2) is 29.0 Å². The Balaban J connectivity index is 2.19. The van der Waals surface area contributed by atoms with Gasteiger partial charge in [-0.1, -0.05) is 6.92 Å². The summed E-state index contributed by atoms with van der Waals surface area (Å²) in [5, 5.41) is 3.10. The van der Waals surface area contributed by atoms with Crippen LogP contribution in [0.4, 0.5) is 11.6 Å². The lowest BCUT2D eigenvalue weighted by Gasteiger charge is -2.19. The Bertz CT molecular complexity index is 541. The fraction of sp³-hybridized carbons (Fsp3) is 0.400. The summed E-state index contributed by atoms with van der Waals surface area (Å²) < 4.78 is 0. The van der Waals surface area contributed by atoms with Gasteiger partial charge < -0.3 is 10.2 Å². The predicted octanol–water partition coefficient (Wildman–Crippen LogP) is 2.50. The molecule has 0 radical (unpaired) electrons. The lowest BCUT2D eigenvalue weighted by Crippen LogP contribution is -2.19. The molecule has 0 saturated carbocycles. The molecule has 0 aliphatic rings. The summed E-state index contributed by atoms with van der Waals surface area (Å²) in [6.45, 7) is 2.93. The van der Waals surface area contributed by atoms with Crippen molar-refractivity contribution in [3.05, 3.63) is 42.0 Å². The molecule has 106 valence electrons. The van der Waals surface area contributed by atoms with E-state index < -0.39 is 0 Å². The third-order valence-corrected chi connectivity index (χ3v) is 3.05. The van der Waals surface area contributed by atoms with Gasteiger partial charge in [0.25, 0.3) is 0 Å². The molecule has 2 heterocycles. The van der Waals surface area contributed by atoms with Crippen LogP contribution in [-0.2, 0) is 13.0 Å². The van der Waals surface area contributed by atoms with E-state index in [1.165, 1.54) is 5.56 Å². The zero-order valence-corrected chi connectivity index (χ0v) is 12.3. The fourth-order valence-electron chi connectivity index (χ4n) is 1.99. The van der Waals surface area contributed by atoms with Crippen molar-refractivity contribution in [3.8, 4) is 0 Å². The molecule has 0 aromatic carbocycles. The number of nitrogens with one attached hydrogen (secondary N) is 1. The van der Waals surface area contributed by atoms with E-state index >= 15 is 0 Å². The van der Waals surface area contributed by atoms with Gasteiger partial charge in [0.15, 0.2) is 0 Å². The van der Waals surface area contributed by atoms with Gasteiger partial charge in [0.1, 0.15) is 17.5 Å². The number of pyridine rings is 1. The van der Waals surface area contributed by atoms with Crippen LogP contribution in [0.15, 0.2) is 30.6 Å². The summed E-state index contributed by atoms with van der Waals surface area (Å²) in [5.41, 5.74) is 1.21. The minimum atomic E-state index is 0.800. The third kappa shape index (κ3) is 3.66. The van der Waals surface area contributed by atoms with Gasteiger partial charge in [-0.25, -0.2) is 9.97 Å². The van der Waals surface area contributed by atoms with Crippen molar-refractivity contribution in [2.24, 2.45) is 0 Å². The number of anilines is 2. The highest BCUT2D eigenvalue weighted by molar-refractivity contribution is 5.49. The largest absolute Gasteiger partial charge is 0.373 e. The second-order valence-electron chi connectivity index (χ2n) is 4.74. The highest BCUT2D eigenvalue weighted by atomic mass is 15.2. The lowest BCUT2D eigenvalue weighted by molar-refractivity contribution is 0.813. The van der Waals surface area contributed by atoms with Crippen LogP contribution in [0.5, 0.6) is 0 Å². The second kappa shape index (κ2) is 6.84. The van der Waals surface area contributed by atoms with E-state index in [0.717, 1.165) is 36.8 Å². The maximum atomic E-state index is 4.63. The molecule has 20 heavy (non-hydrogen) atoms. The molecule has 2 aromatic rings. The second-order valence-corrected chi connectivity index (χ2v) is 4.74. The van der Waals surface area contributed by atoms with Crippen LogP contribution < -0.4 is 10.2 Å². The van der Waals surface area contributed by atoms with Crippen molar-refractivity contribution in [1.82, 2.24) is 15.0 Å². The average Bonchev–Trinajstić information content (AvgIpc) is 2.48. The topological polar surface area (TPSA) is 53.9 Å². The van der Waals surface area contributed by atoms with Gasteiger partial charge in [0.2, 0.25) is 0 Å². The first-order valence-corrected chi connectivity index (χ1v) is 6.88. The van der Waals surface area contributed by atoms with Crippen molar-refractivity contribution in [2.75, 3.05) is 24.3 Å². The summed E-state index contributed by atoms with van der Waals surface area (Å²) >= 11 is 0. The summed E-state index contributed by atoms with van der Waals surface area (Å²) in [7, 11) is 3.92. The Morgan fingerprint density at radius 3 is 2.60 bits per heavy atom. The Hall–Kier alpha value is -2.17. The quantitative estimate of drug-likeness (QED) is 0.875. The van der Waals surface area contributed by atoms with Gasteiger partial charge in [0.05, 0.1) is 0 Å². The van der Waals surface area contributed by atoms with Gasteiger partial charge in [0, 0.05) is 45.5 Å². The molecule has 0 fully saturated rings. The van der Waals surface area contributed by atoms with Crippen LogP contribution >= 0.6 is 0 Å². The van der Waals surface area contributed by atoms with Gasteiger partial charge in [-0.2, -0.15) is 0 Å². The van der Waals surface area contributed by atoms with Gasteiger partial charge in [-0.3, -0.25) is 4.98 Å². The number of hydrogen-bond donors (Lipinski definition) is 1. The first kappa shape index (κ1) is 14.2. The molecule has 5 nitrogen and oxygen atoms in total. The molecule has 0 aliphatic heterocycles. The number of nitrogens with zero attached hydrogens (tertiary/aromatic N) is 4. The van der Waals surface area contributed by atoms with Crippen molar-refractivity contribution < 1.29 is 0 Å². The van der Waals surface area contributed by atoms with Gasteiger partial charge in [-0.15, -0.1) is 0 Å². The van der Waals surface area contributed by atoms with Crippen LogP contribution in [0.1, 0.15) is 24.7 Å². The minimum Gasteiger partial charge on any atom is -0.373 e. The summed E-state index contributed by atoms with van der Waals surface area (Å²) in [6.07, 6.45) is 5.56. The number of rotatable bonds is 6. The zero-order chi connectivity index (χ0) is 14.4. The highest BCUT2D eigenvalue weighted by Gasteiger charge is 2.08. The average molecular weight is 271 g/mol. The molecule has 0 saturated heterocycles. The third-order valence-electron chi connectivity index (χ3n) is 3.05. The molecule has 0 amide bonds. The maximum Gasteiger partial charge on any atom is 0.134 e. The lowest BCUT2D eigenvalue weighted by atomic mass is 10.2. The van der Waals surface area contributed by atoms with E-state index in [0.29, 0.717) is 0 Å². The van der Waals surface area contributed by atoms with E-state index in [9.17, 15) is 0 Å². The van der Waals surface area contributed by atoms with Crippen LogP contribution in [0, 0.1) is 0 Å². The molecule has 0 aliphatic carbocycles. The molecular weight excluding hydrogens is 250 g/mol. The maximum absolute atomic E-state index is 4.63. The first-order chi connectivity index (χ1) is 9.72. The van der Waals surface area contributed by atoms with Crippen LogP contribution in [0.2, 0.25) is 0 Å². The first-order valence-electron chi connectivity index (χ1n) is 6.88. The smallest absolute Gasteiger partial charge is 0.134 e. The van der Waals surface area contributed by atoms with E-state index in [2.05, 4.69) is 32.1 Å². The number of hydrogen-bond acceptors (Lipinski definition) is 5. The SMILES string of the molecule is CCCc1nc(NC)cc(N(C)Cc2ccncc2)n1. The predicted molar refractivity (Wildman–Crippen MR) is 81.9 cm³/mol.